The zero-order chi connectivity index (χ0) is 26.5. The molecule has 0 unspecified atom stereocenters. The van der Waals surface area contributed by atoms with Gasteiger partial charge >= 0.3 is 0 Å². The third-order valence-corrected chi connectivity index (χ3v) is 6.41. The third-order valence-electron chi connectivity index (χ3n) is 6.41. The number of aliphatic hydroxyl groups excluding tert-OH is 2. The number of hydrogen-bond donors (Lipinski definition) is 5. The quantitative estimate of drug-likeness (QED) is 0.195. The van der Waals surface area contributed by atoms with E-state index >= 15 is 0 Å². The molecule has 0 amide bonds. The van der Waals surface area contributed by atoms with Gasteiger partial charge in [0.15, 0.2) is 11.5 Å². The first-order valence-electron chi connectivity index (χ1n) is 11.6. The molecule has 1 atom stereocenters. The predicted octanol–water partition coefficient (Wildman–Crippen LogP) is 4.21. The first kappa shape index (κ1) is 25.3. The highest BCUT2D eigenvalue weighted by Crippen LogP contribution is 2.46. The molecule has 0 saturated heterocycles. The zero-order valence-electron chi connectivity index (χ0n) is 20.7. The van der Waals surface area contributed by atoms with E-state index < -0.39 is 28.6 Å². The van der Waals surface area contributed by atoms with Gasteiger partial charge in [-0.15, -0.1) is 0 Å². The predicted molar refractivity (Wildman–Crippen MR) is 138 cm³/mol. The maximum absolute atomic E-state index is 13.9. The Morgan fingerprint density at radius 3 is 2.47 bits per heavy atom. The first-order valence-corrected chi connectivity index (χ1v) is 11.6. The van der Waals surface area contributed by atoms with Gasteiger partial charge in [-0.25, -0.2) is 0 Å². The molecular formula is C28H30O8. The lowest BCUT2D eigenvalue weighted by atomic mass is 9.92. The van der Waals surface area contributed by atoms with Gasteiger partial charge in [0.1, 0.15) is 33.7 Å². The summed E-state index contributed by atoms with van der Waals surface area (Å²) < 4.78 is 12.3. The van der Waals surface area contributed by atoms with Crippen molar-refractivity contribution in [2.45, 2.75) is 52.2 Å². The van der Waals surface area contributed by atoms with E-state index in [-0.39, 0.29) is 64.0 Å². The van der Waals surface area contributed by atoms with E-state index in [9.17, 15) is 30.3 Å². The van der Waals surface area contributed by atoms with Crippen molar-refractivity contribution in [3.63, 3.8) is 0 Å². The minimum absolute atomic E-state index is 0.00215. The number of rotatable bonds is 6. The molecule has 190 valence electrons. The molecule has 8 heteroatoms. The van der Waals surface area contributed by atoms with Crippen molar-refractivity contribution in [1.29, 1.82) is 0 Å². The van der Waals surface area contributed by atoms with Gasteiger partial charge in [-0.3, -0.25) is 4.79 Å². The summed E-state index contributed by atoms with van der Waals surface area (Å²) in [5, 5.41) is 52.0. The number of fused-ring (bicyclic) bond motifs is 3. The average molecular weight is 495 g/mol. The van der Waals surface area contributed by atoms with Crippen LogP contribution in [0.25, 0.3) is 28.0 Å². The number of benzene rings is 2. The molecule has 1 aliphatic rings. The van der Waals surface area contributed by atoms with Crippen LogP contribution in [0.5, 0.6) is 23.0 Å². The van der Waals surface area contributed by atoms with Crippen molar-refractivity contribution in [1.82, 2.24) is 0 Å². The highest BCUT2D eigenvalue weighted by molar-refractivity contribution is 6.01. The molecule has 2 heterocycles. The molecule has 0 saturated carbocycles. The van der Waals surface area contributed by atoms with Crippen LogP contribution in [0.2, 0.25) is 0 Å². The summed E-state index contributed by atoms with van der Waals surface area (Å²) in [6, 6.07) is 1.14. The molecule has 2 aromatic carbocycles. The third kappa shape index (κ3) is 4.23. The second kappa shape index (κ2) is 9.04. The van der Waals surface area contributed by atoms with Crippen molar-refractivity contribution in [3.05, 3.63) is 62.9 Å². The van der Waals surface area contributed by atoms with E-state index in [1.54, 1.807) is 32.1 Å². The minimum Gasteiger partial charge on any atom is -0.506 e. The summed E-state index contributed by atoms with van der Waals surface area (Å²) >= 11 is 0. The molecule has 8 nitrogen and oxygen atoms in total. The highest BCUT2D eigenvalue weighted by atomic mass is 16.5. The van der Waals surface area contributed by atoms with Crippen LogP contribution in [-0.4, -0.2) is 43.8 Å². The lowest BCUT2D eigenvalue weighted by molar-refractivity contribution is 0.153. The van der Waals surface area contributed by atoms with Crippen molar-refractivity contribution in [2.24, 2.45) is 0 Å². The van der Waals surface area contributed by atoms with Crippen LogP contribution in [0, 0.1) is 0 Å². The van der Waals surface area contributed by atoms with Gasteiger partial charge < -0.3 is 34.7 Å². The first-order chi connectivity index (χ1) is 16.9. The summed E-state index contributed by atoms with van der Waals surface area (Å²) in [4.78, 5) is 13.9. The minimum atomic E-state index is -0.976. The monoisotopic (exact) mass is 494 g/mol. The van der Waals surface area contributed by atoms with Gasteiger partial charge in [0.25, 0.3) is 0 Å². The number of phenols is 3. The van der Waals surface area contributed by atoms with Crippen LogP contribution >= 0.6 is 0 Å². The van der Waals surface area contributed by atoms with Gasteiger partial charge in [-0.05, 0) is 46.3 Å². The standard InChI is InChI=1S/C28H30O8/c1-13(2)18(30)10-17-26-16(8-9-28(4,5)36-26)24(33)22-25(34)21-15(7-6-14(3)12-29)23(32)19(31)11-20(21)35-27(17)22/h6,8-9,11,18,29-33H,1,7,10,12H2,2-5H3/b14-6-/t18-/m1/s1. The summed E-state index contributed by atoms with van der Waals surface area (Å²) in [6.07, 6.45) is 4.09. The topological polar surface area (TPSA) is 141 Å². The fraction of sp³-hybridized carbons (Fsp3) is 0.321. The SMILES string of the molecule is C=C(C)[C@H](O)Cc1c2c(c(O)c3c(=O)c4c(C/C=C(/C)CO)c(O)c(O)cc4oc13)C=CC(C)(C)O2. The van der Waals surface area contributed by atoms with Crippen molar-refractivity contribution in [3.8, 4) is 23.0 Å². The number of allylic oxidation sites excluding steroid dienone is 1. The molecule has 0 fully saturated rings. The van der Waals surface area contributed by atoms with Gasteiger partial charge in [0.05, 0.1) is 23.7 Å². The zero-order valence-corrected chi connectivity index (χ0v) is 20.7. The average Bonchev–Trinajstić information content (AvgIpc) is 2.80. The summed E-state index contributed by atoms with van der Waals surface area (Å²) in [5.41, 5.74) is 0.508. The maximum atomic E-state index is 13.9. The summed E-state index contributed by atoms with van der Waals surface area (Å²) in [5.74, 6) is -1.05. The number of aromatic hydroxyl groups is 3. The Balaban J connectivity index is 2.16. The number of aliphatic hydroxyl groups is 2. The Morgan fingerprint density at radius 2 is 1.83 bits per heavy atom. The van der Waals surface area contributed by atoms with E-state index in [1.807, 2.05) is 13.8 Å². The Labute approximate surface area is 207 Å². The van der Waals surface area contributed by atoms with Crippen molar-refractivity contribution in [2.75, 3.05) is 6.61 Å². The number of phenolic OH excluding ortho intramolecular Hbond substituents is 3. The smallest absolute Gasteiger partial charge is 0.204 e. The number of hydrogen-bond acceptors (Lipinski definition) is 8. The lowest BCUT2D eigenvalue weighted by Gasteiger charge is -2.31. The fourth-order valence-electron chi connectivity index (χ4n) is 4.29. The maximum Gasteiger partial charge on any atom is 0.204 e. The van der Waals surface area contributed by atoms with E-state index in [4.69, 9.17) is 9.15 Å². The number of ether oxygens (including phenoxy) is 1. The summed E-state index contributed by atoms with van der Waals surface area (Å²) in [7, 11) is 0. The molecule has 1 aromatic heterocycles. The van der Waals surface area contributed by atoms with Crippen LogP contribution in [-0.2, 0) is 12.8 Å². The second-order valence-electron chi connectivity index (χ2n) is 9.82. The van der Waals surface area contributed by atoms with Crippen LogP contribution in [0.15, 0.2) is 45.2 Å². The van der Waals surface area contributed by atoms with Gasteiger partial charge in [0.2, 0.25) is 5.43 Å². The fourth-order valence-corrected chi connectivity index (χ4v) is 4.29. The van der Waals surface area contributed by atoms with E-state index in [1.165, 1.54) is 0 Å². The van der Waals surface area contributed by atoms with Crippen LogP contribution in [0.3, 0.4) is 0 Å². The molecule has 4 rings (SSSR count). The Morgan fingerprint density at radius 1 is 1.14 bits per heavy atom. The Kier molecular flexibility index (Phi) is 6.36. The molecular weight excluding hydrogens is 464 g/mol. The Bertz CT molecular complexity index is 1520. The molecule has 5 N–H and O–H groups in total. The second-order valence-corrected chi connectivity index (χ2v) is 9.82. The largest absolute Gasteiger partial charge is 0.506 e. The van der Waals surface area contributed by atoms with E-state index in [0.29, 0.717) is 16.7 Å². The molecule has 0 radical (unpaired) electrons. The van der Waals surface area contributed by atoms with Gasteiger partial charge in [-0.1, -0.05) is 23.8 Å². The molecule has 0 spiro atoms. The van der Waals surface area contributed by atoms with Gasteiger partial charge in [0, 0.05) is 23.6 Å². The molecule has 0 bridgehead atoms. The van der Waals surface area contributed by atoms with E-state index in [0.717, 1.165) is 6.07 Å². The Hall–Kier alpha value is -3.75. The normalized spacial score (nSPS) is 15.7. The molecule has 3 aromatic rings. The van der Waals surface area contributed by atoms with Crippen LogP contribution in [0.4, 0.5) is 0 Å². The van der Waals surface area contributed by atoms with E-state index in [2.05, 4.69) is 6.58 Å². The summed E-state index contributed by atoms with van der Waals surface area (Å²) in [6.45, 7) is 10.6. The van der Waals surface area contributed by atoms with Crippen LogP contribution in [0.1, 0.15) is 44.4 Å². The molecule has 1 aliphatic heterocycles. The van der Waals surface area contributed by atoms with Crippen molar-refractivity contribution >= 4 is 28.0 Å². The van der Waals surface area contributed by atoms with Crippen molar-refractivity contribution < 1.29 is 34.7 Å². The van der Waals surface area contributed by atoms with Crippen LogP contribution < -0.4 is 10.2 Å². The van der Waals surface area contributed by atoms with Gasteiger partial charge in [-0.2, -0.15) is 0 Å². The highest BCUT2D eigenvalue weighted by Gasteiger charge is 2.32. The molecule has 36 heavy (non-hydrogen) atoms. The lowest BCUT2D eigenvalue weighted by Crippen LogP contribution is -2.29. The molecule has 0 aliphatic carbocycles.